The summed E-state index contributed by atoms with van der Waals surface area (Å²) < 4.78 is 5.12. The number of rotatable bonds is 6. The number of carbonyl (C=O) groups is 1. The molecule has 0 bridgehead atoms. The van der Waals surface area contributed by atoms with Crippen molar-refractivity contribution in [3.63, 3.8) is 0 Å². The Morgan fingerprint density at radius 1 is 1.46 bits per heavy atom. The summed E-state index contributed by atoms with van der Waals surface area (Å²) in [5.74, 6) is 1.15. The highest BCUT2D eigenvalue weighted by molar-refractivity contribution is 8.13. The highest BCUT2D eigenvalue weighted by Crippen LogP contribution is 2.35. The summed E-state index contributed by atoms with van der Waals surface area (Å²) in [6, 6.07) is 9.21. The van der Waals surface area contributed by atoms with E-state index in [1.807, 2.05) is 31.2 Å². The molecule has 1 amide bonds. The van der Waals surface area contributed by atoms with Crippen LogP contribution in [0.15, 0.2) is 39.8 Å². The number of thioether (sulfide) groups is 1. The predicted molar refractivity (Wildman–Crippen MR) is 102 cm³/mol. The summed E-state index contributed by atoms with van der Waals surface area (Å²) in [6.07, 6.45) is 1.99. The van der Waals surface area contributed by atoms with E-state index in [-0.39, 0.29) is 23.7 Å². The van der Waals surface area contributed by atoms with E-state index < -0.39 is 0 Å². The third-order valence-electron chi connectivity index (χ3n) is 4.31. The van der Waals surface area contributed by atoms with Crippen LogP contribution in [0.4, 0.5) is 5.69 Å². The third kappa shape index (κ3) is 4.25. The summed E-state index contributed by atoms with van der Waals surface area (Å²) in [7, 11) is 0. The molecule has 138 valence electrons. The topological polar surface area (TPSA) is 114 Å². The SMILES string of the molecule is CC1(c2cccc(NC(=O)c3cc(CCCO)on3)c2)CCSC(N)=N1. The number of nitrogens with two attached hydrogens (primary N) is 1. The molecule has 7 nitrogen and oxygen atoms in total. The van der Waals surface area contributed by atoms with E-state index in [0.29, 0.717) is 29.5 Å². The van der Waals surface area contributed by atoms with Gasteiger partial charge in [0.2, 0.25) is 0 Å². The lowest BCUT2D eigenvalue weighted by Gasteiger charge is -2.30. The Morgan fingerprint density at radius 2 is 2.31 bits per heavy atom. The molecule has 1 atom stereocenters. The van der Waals surface area contributed by atoms with Gasteiger partial charge in [0.05, 0.1) is 5.54 Å². The number of aryl methyl sites for hydroxylation is 1. The van der Waals surface area contributed by atoms with Crippen LogP contribution in [0.2, 0.25) is 0 Å². The van der Waals surface area contributed by atoms with Gasteiger partial charge in [0, 0.05) is 30.5 Å². The molecule has 26 heavy (non-hydrogen) atoms. The van der Waals surface area contributed by atoms with Gasteiger partial charge in [0.15, 0.2) is 10.9 Å². The number of carbonyl (C=O) groups excluding carboxylic acids is 1. The van der Waals surface area contributed by atoms with Gasteiger partial charge >= 0.3 is 0 Å². The quantitative estimate of drug-likeness (QED) is 0.716. The van der Waals surface area contributed by atoms with Crippen LogP contribution in [0.3, 0.4) is 0 Å². The lowest BCUT2D eigenvalue weighted by Crippen LogP contribution is -2.28. The smallest absolute Gasteiger partial charge is 0.277 e. The summed E-state index contributed by atoms with van der Waals surface area (Å²) in [4.78, 5) is 17.0. The number of nitrogens with zero attached hydrogens (tertiary/aromatic N) is 2. The van der Waals surface area contributed by atoms with Crippen molar-refractivity contribution in [2.45, 2.75) is 31.7 Å². The zero-order valence-electron chi connectivity index (χ0n) is 14.6. The predicted octanol–water partition coefficient (Wildman–Crippen LogP) is 2.52. The lowest BCUT2D eigenvalue weighted by atomic mass is 9.89. The second-order valence-corrected chi connectivity index (χ2v) is 7.48. The van der Waals surface area contributed by atoms with E-state index in [2.05, 4.69) is 15.5 Å². The lowest BCUT2D eigenvalue weighted by molar-refractivity contribution is 0.101. The van der Waals surface area contributed by atoms with Crippen LogP contribution in [0.1, 0.15) is 41.6 Å². The maximum absolute atomic E-state index is 12.4. The first-order valence-corrected chi connectivity index (χ1v) is 9.45. The summed E-state index contributed by atoms with van der Waals surface area (Å²) in [5.41, 5.74) is 7.38. The number of benzene rings is 1. The number of hydrogen-bond acceptors (Lipinski definition) is 7. The fourth-order valence-corrected chi connectivity index (χ4v) is 3.79. The number of anilines is 1. The van der Waals surface area contributed by atoms with E-state index in [4.69, 9.17) is 15.4 Å². The van der Waals surface area contributed by atoms with Crippen LogP contribution in [-0.4, -0.2) is 33.7 Å². The average molecular weight is 374 g/mol. The van der Waals surface area contributed by atoms with Crippen molar-refractivity contribution in [1.82, 2.24) is 5.16 Å². The molecule has 1 aromatic heterocycles. The van der Waals surface area contributed by atoms with Gasteiger partial charge in [-0.15, -0.1) is 0 Å². The van der Waals surface area contributed by atoms with Gasteiger partial charge < -0.3 is 20.7 Å². The monoisotopic (exact) mass is 374 g/mol. The number of aromatic nitrogens is 1. The Bertz CT molecular complexity index is 820. The zero-order valence-corrected chi connectivity index (χ0v) is 15.4. The number of nitrogens with one attached hydrogen (secondary N) is 1. The number of amides is 1. The van der Waals surface area contributed by atoms with E-state index in [0.717, 1.165) is 17.7 Å². The second-order valence-electron chi connectivity index (χ2n) is 6.36. The molecule has 2 heterocycles. The molecule has 1 aliphatic rings. The van der Waals surface area contributed by atoms with Crippen LogP contribution in [0.5, 0.6) is 0 Å². The van der Waals surface area contributed by atoms with Gasteiger partial charge in [0.25, 0.3) is 5.91 Å². The largest absolute Gasteiger partial charge is 0.396 e. The first-order chi connectivity index (χ1) is 12.5. The maximum Gasteiger partial charge on any atom is 0.277 e. The van der Waals surface area contributed by atoms with Crippen molar-refractivity contribution < 1.29 is 14.4 Å². The molecule has 4 N–H and O–H groups in total. The van der Waals surface area contributed by atoms with Crippen molar-refractivity contribution >= 4 is 28.5 Å². The van der Waals surface area contributed by atoms with Gasteiger partial charge in [-0.05, 0) is 37.5 Å². The van der Waals surface area contributed by atoms with Crippen LogP contribution >= 0.6 is 11.8 Å². The normalized spacial score (nSPS) is 19.8. The Kier molecular flexibility index (Phi) is 5.63. The minimum atomic E-state index is -0.387. The van der Waals surface area contributed by atoms with Crippen LogP contribution in [-0.2, 0) is 12.0 Å². The van der Waals surface area contributed by atoms with Crippen molar-refractivity contribution in [3.8, 4) is 0 Å². The first-order valence-electron chi connectivity index (χ1n) is 8.47. The Labute approximate surface area is 156 Å². The molecule has 0 saturated carbocycles. The molecule has 1 aliphatic heterocycles. The first kappa shape index (κ1) is 18.5. The summed E-state index contributed by atoms with van der Waals surface area (Å²) >= 11 is 1.56. The summed E-state index contributed by atoms with van der Waals surface area (Å²) in [5, 5.41) is 16.1. The average Bonchev–Trinajstić information content (AvgIpc) is 3.09. The minimum Gasteiger partial charge on any atom is -0.396 e. The van der Waals surface area contributed by atoms with Crippen molar-refractivity contribution in [2.75, 3.05) is 17.7 Å². The van der Waals surface area contributed by atoms with Crippen molar-refractivity contribution in [2.24, 2.45) is 10.7 Å². The number of hydrogen-bond donors (Lipinski definition) is 3. The molecule has 0 radical (unpaired) electrons. The molecule has 0 fully saturated rings. The summed E-state index contributed by atoms with van der Waals surface area (Å²) in [6.45, 7) is 2.12. The molecule has 2 aromatic rings. The standard InChI is InChI=1S/C18H22N4O3S/c1-18(7-9-26-17(19)21-18)12-4-2-5-13(10-12)20-16(24)15-11-14(25-22-15)6-3-8-23/h2,4-5,10-11,23H,3,6-9H2,1H3,(H2,19,21)(H,20,24). The van der Waals surface area contributed by atoms with Gasteiger partial charge in [-0.3, -0.25) is 9.79 Å². The number of amidine groups is 1. The highest BCUT2D eigenvalue weighted by Gasteiger charge is 2.29. The van der Waals surface area contributed by atoms with Gasteiger partial charge in [-0.25, -0.2) is 0 Å². The third-order valence-corrected chi connectivity index (χ3v) is 5.11. The molecular weight excluding hydrogens is 352 g/mol. The molecule has 1 aromatic carbocycles. The van der Waals surface area contributed by atoms with Crippen molar-refractivity contribution in [3.05, 3.63) is 47.3 Å². The molecule has 8 heteroatoms. The van der Waals surface area contributed by atoms with Crippen LogP contribution in [0.25, 0.3) is 0 Å². The minimum absolute atomic E-state index is 0.0687. The molecule has 1 unspecified atom stereocenters. The Morgan fingerprint density at radius 3 is 3.08 bits per heavy atom. The Hall–Kier alpha value is -2.32. The Balaban J connectivity index is 1.73. The molecule has 3 rings (SSSR count). The fraction of sp³-hybridized carbons (Fsp3) is 0.389. The molecule has 0 spiro atoms. The fourth-order valence-electron chi connectivity index (χ4n) is 2.81. The van der Waals surface area contributed by atoms with Gasteiger partial charge in [-0.1, -0.05) is 29.1 Å². The maximum atomic E-state index is 12.4. The van der Waals surface area contributed by atoms with E-state index >= 15 is 0 Å². The molecule has 0 aliphatic carbocycles. The van der Waals surface area contributed by atoms with E-state index in [1.165, 1.54) is 0 Å². The number of aliphatic imine (C=N–C) groups is 1. The van der Waals surface area contributed by atoms with Gasteiger partial charge in [-0.2, -0.15) is 0 Å². The number of aliphatic hydroxyl groups excluding tert-OH is 1. The molecule has 0 saturated heterocycles. The number of aliphatic hydroxyl groups is 1. The van der Waals surface area contributed by atoms with Crippen molar-refractivity contribution in [1.29, 1.82) is 0 Å². The second kappa shape index (κ2) is 7.92. The van der Waals surface area contributed by atoms with Crippen LogP contribution < -0.4 is 11.1 Å². The highest BCUT2D eigenvalue weighted by atomic mass is 32.2. The van der Waals surface area contributed by atoms with Gasteiger partial charge in [0.1, 0.15) is 5.76 Å². The van der Waals surface area contributed by atoms with E-state index in [1.54, 1.807) is 17.8 Å². The van der Waals surface area contributed by atoms with Crippen LogP contribution in [0, 0.1) is 0 Å². The zero-order chi connectivity index (χ0) is 18.6. The van der Waals surface area contributed by atoms with E-state index in [9.17, 15) is 4.79 Å². The molecular formula is C18H22N4O3S.